The smallest absolute Gasteiger partial charge is 0.184 e. The number of carbonyl (C=O) groups excluding carboxylic acids is 1. The van der Waals surface area contributed by atoms with E-state index in [1.165, 1.54) is 4.68 Å². The van der Waals surface area contributed by atoms with E-state index in [-0.39, 0.29) is 5.78 Å². The predicted octanol–water partition coefficient (Wildman–Crippen LogP) is 0.370. The van der Waals surface area contributed by atoms with Crippen molar-refractivity contribution in [1.29, 1.82) is 0 Å². The third-order valence-corrected chi connectivity index (χ3v) is 2.19. The van der Waals surface area contributed by atoms with Gasteiger partial charge in [0.15, 0.2) is 10.4 Å². The van der Waals surface area contributed by atoms with Gasteiger partial charge in [0.2, 0.25) is 0 Å². The SMILES string of the molecule is CNCCC(=O)c1c(Br)nnn1C. The van der Waals surface area contributed by atoms with Crippen molar-refractivity contribution in [1.82, 2.24) is 20.3 Å². The fourth-order valence-electron chi connectivity index (χ4n) is 0.984. The number of carbonyl (C=O) groups is 1. The Morgan fingerprint density at radius 3 is 2.85 bits per heavy atom. The molecule has 0 saturated heterocycles. The Kier molecular flexibility index (Phi) is 3.56. The van der Waals surface area contributed by atoms with Gasteiger partial charge in [-0.1, -0.05) is 5.21 Å². The van der Waals surface area contributed by atoms with Gasteiger partial charge in [-0.25, -0.2) is 4.68 Å². The van der Waals surface area contributed by atoms with Crippen molar-refractivity contribution in [3.63, 3.8) is 0 Å². The van der Waals surface area contributed by atoms with Crippen LogP contribution >= 0.6 is 15.9 Å². The molecule has 1 aromatic rings. The fraction of sp³-hybridized carbons (Fsp3) is 0.571. The highest BCUT2D eigenvalue weighted by molar-refractivity contribution is 9.10. The third kappa shape index (κ3) is 2.35. The molecule has 0 aliphatic rings. The predicted molar refractivity (Wildman–Crippen MR) is 51.6 cm³/mol. The van der Waals surface area contributed by atoms with Crippen LogP contribution < -0.4 is 5.32 Å². The van der Waals surface area contributed by atoms with E-state index in [2.05, 4.69) is 31.6 Å². The molecule has 1 heterocycles. The highest BCUT2D eigenvalue weighted by Gasteiger charge is 2.15. The lowest BCUT2D eigenvalue weighted by Crippen LogP contribution is -2.15. The Hall–Kier alpha value is -0.750. The van der Waals surface area contributed by atoms with Gasteiger partial charge in [-0.2, -0.15) is 0 Å². The molecule has 0 aromatic carbocycles. The van der Waals surface area contributed by atoms with Gasteiger partial charge >= 0.3 is 0 Å². The molecule has 0 atom stereocenters. The summed E-state index contributed by atoms with van der Waals surface area (Å²) >= 11 is 3.17. The number of rotatable bonds is 4. The second-order valence-corrected chi connectivity index (χ2v) is 3.38. The highest BCUT2D eigenvalue weighted by Crippen LogP contribution is 2.13. The monoisotopic (exact) mass is 246 g/mol. The normalized spacial score (nSPS) is 10.4. The molecule has 0 aliphatic carbocycles. The Morgan fingerprint density at radius 2 is 2.38 bits per heavy atom. The molecule has 1 N–H and O–H groups in total. The maximum atomic E-state index is 11.5. The van der Waals surface area contributed by atoms with Gasteiger partial charge in [-0.3, -0.25) is 4.79 Å². The maximum absolute atomic E-state index is 11.5. The molecule has 0 unspecified atom stereocenters. The van der Waals surface area contributed by atoms with Crippen LogP contribution in [0.5, 0.6) is 0 Å². The van der Waals surface area contributed by atoms with Crippen LogP contribution in [0.3, 0.4) is 0 Å². The Labute approximate surface area is 84.6 Å². The van der Waals surface area contributed by atoms with Crippen LogP contribution in [0.25, 0.3) is 0 Å². The van der Waals surface area contributed by atoms with E-state index in [9.17, 15) is 4.79 Å². The molecule has 0 fully saturated rings. The maximum Gasteiger partial charge on any atom is 0.184 e. The van der Waals surface area contributed by atoms with Crippen LogP contribution in [0.2, 0.25) is 0 Å². The van der Waals surface area contributed by atoms with Gasteiger partial charge in [0, 0.05) is 20.0 Å². The Morgan fingerprint density at radius 1 is 1.69 bits per heavy atom. The molecule has 5 nitrogen and oxygen atoms in total. The Bertz CT molecular complexity index is 290. The summed E-state index contributed by atoms with van der Waals surface area (Å²) in [5, 5.41) is 10.4. The van der Waals surface area contributed by atoms with E-state index in [1.54, 1.807) is 7.05 Å². The summed E-state index contributed by atoms with van der Waals surface area (Å²) in [4.78, 5) is 11.5. The summed E-state index contributed by atoms with van der Waals surface area (Å²) in [6.45, 7) is 0.663. The topological polar surface area (TPSA) is 59.8 Å². The minimum atomic E-state index is 0.0359. The average molecular weight is 247 g/mol. The van der Waals surface area contributed by atoms with Crippen LogP contribution in [-0.4, -0.2) is 34.4 Å². The van der Waals surface area contributed by atoms with E-state index < -0.39 is 0 Å². The number of Topliss-reactive ketones (excluding diaryl/α,β-unsaturated/α-hetero) is 1. The van der Waals surface area contributed by atoms with Crippen molar-refractivity contribution in [2.24, 2.45) is 7.05 Å². The quantitative estimate of drug-likeness (QED) is 0.781. The van der Waals surface area contributed by atoms with Crippen molar-refractivity contribution in [2.75, 3.05) is 13.6 Å². The first-order chi connectivity index (χ1) is 6.16. The number of nitrogens with one attached hydrogen (secondary N) is 1. The zero-order chi connectivity index (χ0) is 9.84. The van der Waals surface area contributed by atoms with Crippen molar-refractivity contribution < 1.29 is 4.79 Å². The number of halogens is 1. The molecular weight excluding hydrogens is 236 g/mol. The second-order valence-electron chi connectivity index (χ2n) is 2.63. The summed E-state index contributed by atoms with van der Waals surface area (Å²) < 4.78 is 1.98. The zero-order valence-electron chi connectivity index (χ0n) is 7.54. The van der Waals surface area contributed by atoms with Gasteiger partial charge < -0.3 is 5.32 Å². The van der Waals surface area contributed by atoms with Gasteiger partial charge in [0.1, 0.15) is 5.69 Å². The highest BCUT2D eigenvalue weighted by atomic mass is 79.9. The lowest BCUT2D eigenvalue weighted by atomic mass is 10.2. The summed E-state index contributed by atoms with van der Waals surface area (Å²) in [7, 11) is 3.51. The number of aryl methyl sites for hydroxylation is 1. The molecule has 6 heteroatoms. The number of hydrogen-bond donors (Lipinski definition) is 1. The third-order valence-electron chi connectivity index (χ3n) is 1.65. The number of aromatic nitrogens is 3. The fourth-order valence-corrected chi connectivity index (χ4v) is 1.53. The molecule has 72 valence electrons. The minimum Gasteiger partial charge on any atom is -0.319 e. The number of ketones is 1. The van der Waals surface area contributed by atoms with Crippen molar-refractivity contribution in [2.45, 2.75) is 6.42 Å². The molecule has 0 spiro atoms. The lowest BCUT2D eigenvalue weighted by Gasteiger charge is -1.99. The molecule has 0 amide bonds. The molecule has 0 radical (unpaired) electrons. The first-order valence-corrected chi connectivity index (χ1v) is 4.69. The van der Waals surface area contributed by atoms with E-state index in [0.717, 1.165) is 0 Å². The second kappa shape index (κ2) is 4.48. The van der Waals surface area contributed by atoms with Gasteiger partial charge in [-0.05, 0) is 23.0 Å². The molecule has 0 bridgehead atoms. The van der Waals surface area contributed by atoms with E-state index >= 15 is 0 Å². The van der Waals surface area contributed by atoms with Gasteiger partial charge in [0.05, 0.1) is 0 Å². The largest absolute Gasteiger partial charge is 0.319 e. The van der Waals surface area contributed by atoms with E-state index in [0.29, 0.717) is 23.3 Å². The molecule has 0 aliphatic heterocycles. The standard InChI is InChI=1S/C7H11BrN4O/c1-9-4-3-5(13)6-7(8)10-11-12(6)2/h9H,3-4H2,1-2H3. The van der Waals surface area contributed by atoms with E-state index in [1.807, 2.05) is 7.05 Å². The molecule has 1 aromatic heterocycles. The summed E-state index contributed by atoms with van der Waals surface area (Å²) in [6.07, 6.45) is 0.455. The zero-order valence-corrected chi connectivity index (χ0v) is 9.13. The number of hydrogen-bond acceptors (Lipinski definition) is 4. The van der Waals surface area contributed by atoms with E-state index in [4.69, 9.17) is 0 Å². The van der Waals surface area contributed by atoms with Gasteiger partial charge in [0.25, 0.3) is 0 Å². The lowest BCUT2D eigenvalue weighted by molar-refractivity contribution is 0.0973. The minimum absolute atomic E-state index is 0.0359. The summed E-state index contributed by atoms with van der Waals surface area (Å²) in [5.74, 6) is 0.0359. The molecule has 0 saturated carbocycles. The van der Waals surface area contributed by atoms with Crippen LogP contribution in [0.15, 0.2) is 4.60 Å². The van der Waals surface area contributed by atoms with Crippen molar-refractivity contribution in [3.05, 3.63) is 10.3 Å². The Balaban J connectivity index is 2.76. The van der Waals surface area contributed by atoms with Gasteiger partial charge in [-0.15, -0.1) is 5.10 Å². The van der Waals surface area contributed by atoms with Crippen LogP contribution in [-0.2, 0) is 7.05 Å². The molecular formula is C7H11BrN4O. The van der Waals surface area contributed by atoms with Crippen molar-refractivity contribution in [3.8, 4) is 0 Å². The van der Waals surface area contributed by atoms with Crippen LogP contribution in [0.1, 0.15) is 16.9 Å². The van der Waals surface area contributed by atoms with Crippen LogP contribution in [0, 0.1) is 0 Å². The molecule has 13 heavy (non-hydrogen) atoms. The first kappa shape index (κ1) is 10.3. The number of nitrogens with zero attached hydrogens (tertiary/aromatic N) is 3. The average Bonchev–Trinajstić information content (AvgIpc) is 2.42. The molecule has 1 rings (SSSR count). The summed E-state index contributed by atoms with van der Waals surface area (Å²) in [5.41, 5.74) is 0.523. The summed E-state index contributed by atoms with van der Waals surface area (Å²) in [6, 6.07) is 0. The first-order valence-electron chi connectivity index (χ1n) is 3.89. The van der Waals surface area contributed by atoms with Crippen LogP contribution in [0.4, 0.5) is 0 Å². The van der Waals surface area contributed by atoms with Crippen molar-refractivity contribution >= 4 is 21.7 Å².